The summed E-state index contributed by atoms with van der Waals surface area (Å²) in [6.45, 7) is 4.05. The van der Waals surface area contributed by atoms with E-state index < -0.39 is 0 Å². The number of anilines is 1. The van der Waals surface area contributed by atoms with Crippen molar-refractivity contribution in [1.29, 1.82) is 0 Å². The smallest absolute Gasteiger partial charge is 0.0725 e. The van der Waals surface area contributed by atoms with E-state index in [9.17, 15) is 0 Å². The summed E-state index contributed by atoms with van der Waals surface area (Å²) in [4.78, 5) is 4.39. The normalized spacial score (nSPS) is 10.5. The first-order valence-electron chi connectivity index (χ1n) is 6.31. The number of nitrogens with one attached hydrogen (secondary N) is 1. The summed E-state index contributed by atoms with van der Waals surface area (Å²) in [5.74, 6) is 0. The predicted molar refractivity (Wildman–Crippen MR) is 76.1 cm³/mol. The molecule has 0 aliphatic rings. The lowest BCUT2D eigenvalue weighted by Gasteiger charge is -2.10. The van der Waals surface area contributed by atoms with Crippen LogP contribution >= 0.6 is 0 Å². The van der Waals surface area contributed by atoms with Gasteiger partial charge in [0.1, 0.15) is 0 Å². The molecule has 3 nitrogen and oxygen atoms in total. The Morgan fingerprint density at radius 1 is 1.22 bits per heavy atom. The quantitative estimate of drug-likeness (QED) is 0.791. The van der Waals surface area contributed by atoms with E-state index in [1.54, 1.807) is 12.3 Å². The molecule has 1 heterocycles. The number of pyridine rings is 1. The zero-order valence-corrected chi connectivity index (χ0v) is 10.7. The molecule has 0 unspecified atom stereocenters. The molecule has 18 heavy (non-hydrogen) atoms. The lowest BCUT2D eigenvalue weighted by Crippen LogP contribution is -2.14. The third kappa shape index (κ3) is 3.08. The minimum Gasteiger partial charge on any atom is -0.399 e. The number of hydrogen-bond acceptors (Lipinski definition) is 3. The molecular formula is C15H19N3. The monoisotopic (exact) mass is 241 g/mol. The molecule has 0 amide bonds. The Labute approximate surface area is 108 Å². The summed E-state index contributed by atoms with van der Waals surface area (Å²) in [5, 5.41) is 3.42. The number of nitrogens with zero attached hydrogens (tertiary/aromatic N) is 1. The van der Waals surface area contributed by atoms with Gasteiger partial charge in [-0.3, -0.25) is 4.98 Å². The fourth-order valence-electron chi connectivity index (χ4n) is 1.92. The van der Waals surface area contributed by atoms with Crippen molar-refractivity contribution < 1.29 is 0 Å². The number of nitrogens with two attached hydrogens (primary N) is 1. The van der Waals surface area contributed by atoms with Gasteiger partial charge in [-0.1, -0.05) is 31.2 Å². The fraction of sp³-hybridized carbons (Fsp3) is 0.267. The number of aromatic nitrogens is 1. The van der Waals surface area contributed by atoms with Gasteiger partial charge in [0.25, 0.3) is 0 Å². The molecule has 0 fully saturated rings. The van der Waals surface area contributed by atoms with Gasteiger partial charge in [0.15, 0.2) is 0 Å². The average molecular weight is 241 g/mol. The lowest BCUT2D eigenvalue weighted by atomic mass is 10.0. The first-order chi connectivity index (χ1) is 8.81. The molecular weight excluding hydrogens is 222 g/mol. The first-order valence-corrected chi connectivity index (χ1v) is 6.31. The van der Waals surface area contributed by atoms with Gasteiger partial charge in [0.05, 0.1) is 5.69 Å². The van der Waals surface area contributed by atoms with E-state index in [-0.39, 0.29) is 0 Å². The Balaban J connectivity index is 2.27. The van der Waals surface area contributed by atoms with E-state index in [0.717, 1.165) is 36.5 Å². The SMILES string of the molecule is CCCNCc1ccccc1-c1cc(N)ccn1. The standard InChI is InChI=1S/C15H19N3/c1-2-8-17-11-12-5-3-4-6-14(12)15-10-13(16)7-9-18-15/h3-7,9-10,17H,2,8,11H2,1H3,(H2,16,18). The highest BCUT2D eigenvalue weighted by Gasteiger charge is 2.05. The molecule has 2 rings (SSSR count). The summed E-state index contributed by atoms with van der Waals surface area (Å²) in [6.07, 6.45) is 2.89. The molecule has 0 saturated heterocycles. The highest BCUT2D eigenvalue weighted by molar-refractivity contribution is 5.66. The molecule has 1 aromatic heterocycles. The van der Waals surface area contributed by atoms with Crippen molar-refractivity contribution in [2.75, 3.05) is 12.3 Å². The number of benzene rings is 1. The topological polar surface area (TPSA) is 50.9 Å². The van der Waals surface area contributed by atoms with Crippen LogP contribution in [-0.4, -0.2) is 11.5 Å². The van der Waals surface area contributed by atoms with E-state index >= 15 is 0 Å². The summed E-state index contributed by atoms with van der Waals surface area (Å²) in [7, 11) is 0. The molecule has 94 valence electrons. The third-order valence-corrected chi connectivity index (χ3v) is 2.82. The number of nitrogen functional groups attached to an aromatic ring is 1. The van der Waals surface area contributed by atoms with E-state index in [4.69, 9.17) is 5.73 Å². The Bertz CT molecular complexity index is 509. The molecule has 3 heteroatoms. The van der Waals surface area contributed by atoms with E-state index in [1.807, 2.05) is 12.1 Å². The van der Waals surface area contributed by atoms with E-state index in [1.165, 1.54) is 5.56 Å². The fourth-order valence-corrected chi connectivity index (χ4v) is 1.92. The van der Waals surface area contributed by atoms with Crippen LogP contribution in [0.1, 0.15) is 18.9 Å². The van der Waals surface area contributed by atoms with Gasteiger partial charge in [0.2, 0.25) is 0 Å². The van der Waals surface area contributed by atoms with Crippen LogP contribution in [-0.2, 0) is 6.54 Å². The number of rotatable bonds is 5. The predicted octanol–water partition coefficient (Wildman–Crippen LogP) is 2.83. The summed E-state index contributed by atoms with van der Waals surface area (Å²) in [6, 6.07) is 12.0. The van der Waals surface area contributed by atoms with Gasteiger partial charge >= 0.3 is 0 Å². The van der Waals surface area contributed by atoms with Gasteiger partial charge in [-0.05, 0) is 30.7 Å². The third-order valence-electron chi connectivity index (χ3n) is 2.82. The molecule has 2 aromatic rings. The molecule has 0 spiro atoms. The zero-order valence-electron chi connectivity index (χ0n) is 10.7. The van der Waals surface area contributed by atoms with Crippen LogP contribution in [0.4, 0.5) is 5.69 Å². The maximum absolute atomic E-state index is 5.81. The maximum Gasteiger partial charge on any atom is 0.0725 e. The Hall–Kier alpha value is -1.87. The van der Waals surface area contributed by atoms with Gasteiger partial charge in [-0.15, -0.1) is 0 Å². The zero-order chi connectivity index (χ0) is 12.8. The van der Waals surface area contributed by atoms with Crippen molar-refractivity contribution >= 4 is 5.69 Å². The van der Waals surface area contributed by atoms with Crippen molar-refractivity contribution in [3.63, 3.8) is 0 Å². The molecule has 0 aliphatic carbocycles. The van der Waals surface area contributed by atoms with Crippen LogP contribution in [0, 0.1) is 0 Å². The van der Waals surface area contributed by atoms with Crippen LogP contribution in [0.2, 0.25) is 0 Å². The number of hydrogen-bond donors (Lipinski definition) is 2. The van der Waals surface area contributed by atoms with E-state index in [0.29, 0.717) is 0 Å². The Kier molecular flexibility index (Phi) is 4.31. The molecule has 0 aliphatic heterocycles. The highest BCUT2D eigenvalue weighted by atomic mass is 14.8. The van der Waals surface area contributed by atoms with Gasteiger partial charge in [-0.25, -0.2) is 0 Å². The molecule has 0 atom stereocenters. The highest BCUT2D eigenvalue weighted by Crippen LogP contribution is 2.22. The first kappa shape index (κ1) is 12.6. The van der Waals surface area contributed by atoms with Gasteiger partial charge in [0, 0.05) is 24.0 Å². The maximum atomic E-state index is 5.81. The molecule has 0 radical (unpaired) electrons. The van der Waals surface area contributed by atoms with Crippen LogP contribution in [0.25, 0.3) is 11.3 Å². The largest absolute Gasteiger partial charge is 0.399 e. The molecule has 0 saturated carbocycles. The minimum absolute atomic E-state index is 0.747. The Morgan fingerprint density at radius 3 is 2.83 bits per heavy atom. The van der Waals surface area contributed by atoms with E-state index in [2.05, 4.69) is 35.4 Å². The summed E-state index contributed by atoms with van der Waals surface area (Å²) < 4.78 is 0. The van der Waals surface area contributed by atoms with Gasteiger partial charge < -0.3 is 11.1 Å². The molecule has 3 N–H and O–H groups in total. The summed E-state index contributed by atoms with van der Waals surface area (Å²) in [5.41, 5.74) is 9.89. The molecule has 1 aromatic carbocycles. The van der Waals surface area contributed by atoms with Gasteiger partial charge in [-0.2, -0.15) is 0 Å². The second-order valence-corrected chi connectivity index (χ2v) is 4.31. The van der Waals surface area contributed by atoms with Crippen LogP contribution in [0.5, 0.6) is 0 Å². The average Bonchev–Trinajstić information content (AvgIpc) is 2.40. The van der Waals surface area contributed by atoms with Crippen LogP contribution < -0.4 is 11.1 Å². The summed E-state index contributed by atoms with van der Waals surface area (Å²) >= 11 is 0. The molecule has 0 bridgehead atoms. The second-order valence-electron chi connectivity index (χ2n) is 4.31. The minimum atomic E-state index is 0.747. The van der Waals surface area contributed by atoms with Crippen molar-refractivity contribution in [2.45, 2.75) is 19.9 Å². The Morgan fingerprint density at radius 2 is 2.06 bits per heavy atom. The van der Waals surface area contributed by atoms with Crippen molar-refractivity contribution in [3.8, 4) is 11.3 Å². The van der Waals surface area contributed by atoms with Crippen molar-refractivity contribution in [1.82, 2.24) is 10.3 Å². The van der Waals surface area contributed by atoms with Crippen molar-refractivity contribution in [3.05, 3.63) is 48.2 Å². The lowest BCUT2D eigenvalue weighted by molar-refractivity contribution is 0.676. The van der Waals surface area contributed by atoms with Crippen LogP contribution in [0.15, 0.2) is 42.6 Å². The van der Waals surface area contributed by atoms with Crippen molar-refractivity contribution in [2.24, 2.45) is 0 Å². The second kappa shape index (κ2) is 6.17. The van der Waals surface area contributed by atoms with Crippen LogP contribution in [0.3, 0.4) is 0 Å².